The maximum Gasteiger partial charge on any atom is 0.221 e. The third-order valence-electron chi connectivity index (χ3n) is 4.92. The van der Waals surface area contributed by atoms with Gasteiger partial charge in [0.25, 0.3) is 0 Å². The number of nitrogens with one attached hydrogen (secondary N) is 1. The van der Waals surface area contributed by atoms with Gasteiger partial charge in [-0.05, 0) is 42.0 Å². The summed E-state index contributed by atoms with van der Waals surface area (Å²) in [6.45, 7) is 1.05. The molecular weight excluding hydrogens is 428 g/mol. The van der Waals surface area contributed by atoms with Crippen LogP contribution in [0.1, 0.15) is 11.1 Å². The van der Waals surface area contributed by atoms with Crippen LogP contribution in [0.15, 0.2) is 54.9 Å². The van der Waals surface area contributed by atoms with Crippen LogP contribution in [-0.4, -0.2) is 35.2 Å². The molecule has 0 aliphatic heterocycles. The minimum absolute atomic E-state index is 0.157. The zero-order chi connectivity index (χ0) is 22.5. The highest BCUT2D eigenvalue weighted by Gasteiger charge is 2.09. The third kappa shape index (κ3) is 4.92. The van der Waals surface area contributed by atoms with E-state index in [-0.39, 0.29) is 5.95 Å². The van der Waals surface area contributed by atoms with E-state index in [1.807, 2.05) is 42.5 Å². The van der Waals surface area contributed by atoms with Crippen molar-refractivity contribution in [3.8, 4) is 11.5 Å². The molecule has 0 spiro atoms. The van der Waals surface area contributed by atoms with Crippen molar-refractivity contribution < 1.29 is 9.47 Å². The van der Waals surface area contributed by atoms with Crippen molar-refractivity contribution in [3.05, 3.63) is 71.0 Å². The van der Waals surface area contributed by atoms with E-state index in [9.17, 15) is 0 Å². The molecule has 0 radical (unpaired) electrons. The molecule has 2 aromatic heterocycles. The van der Waals surface area contributed by atoms with Crippen molar-refractivity contribution in [2.45, 2.75) is 6.42 Å². The summed E-state index contributed by atoms with van der Waals surface area (Å²) in [6, 6.07) is 13.3. The molecule has 0 unspecified atom stereocenters. The molecule has 0 fully saturated rings. The number of hydrogen-bond donors (Lipinski definition) is 3. The maximum absolute atomic E-state index is 6.05. The first-order valence-corrected chi connectivity index (χ1v) is 10.4. The summed E-state index contributed by atoms with van der Waals surface area (Å²) in [5.41, 5.74) is 15.1. The van der Waals surface area contributed by atoms with Crippen LogP contribution in [0.3, 0.4) is 0 Å². The Morgan fingerprint density at radius 3 is 2.72 bits per heavy atom. The molecule has 2 heterocycles. The number of halogens is 1. The molecule has 0 bridgehead atoms. The highest BCUT2D eigenvalue weighted by atomic mass is 35.5. The molecule has 0 saturated heterocycles. The van der Waals surface area contributed by atoms with Crippen LogP contribution in [0.2, 0.25) is 5.02 Å². The van der Waals surface area contributed by atoms with Crippen LogP contribution in [0.4, 0.5) is 17.5 Å². The van der Waals surface area contributed by atoms with Gasteiger partial charge in [-0.2, -0.15) is 4.98 Å². The summed E-state index contributed by atoms with van der Waals surface area (Å²) in [5, 5.41) is 5.05. The minimum Gasteiger partial charge on any atom is -0.493 e. The zero-order valence-electron chi connectivity index (χ0n) is 17.5. The first-order valence-electron chi connectivity index (χ1n) is 9.98. The largest absolute Gasteiger partial charge is 0.493 e. The Morgan fingerprint density at radius 1 is 1.03 bits per heavy atom. The van der Waals surface area contributed by atoms with Gasteiger partial charge in [0, 0.05) is 47.0 Å². The van der Waals surface area contributed by atoms with Gasteiger partial charge in [0.05, 0.1) is 12.6 Å². The quantitative estimate of drug-likeness (QED) is 0.345. The maximum atomic E-state index is 6.05. The number of rotatable bonds is 8. The Morgan fingerprint density at radius 2 is 1.91 bits per heavy atom. The summed E-state index contributed by atoms with van der Waals surface area (Å²) < 4.78 is 11.4. The molecular formula is C23H23ClN6O2. The smallest absolute Gasteiger partial charge is 0.221 e. The van der Waals surface area contributed by atoms with Gasteiger partial charge in [-0.25, -0.2) is 4.98 Å². The number of anilines is 3. The van der Waals surface area contributed by atoms with E-state index in [1.54, 1.807) is 19.5 Å². The summed E-state index contributed by atoms with van der Waals surface area (Å²) in [7, 11) is 1.61. The fourth-order valence-electron chi connectivity index (χ4n) is 3.35. The lowest BCUT2D eigenvalue weighted by Gasteiger charge is -2.14. The molecule has 5 N–H and O–H groups in total. The molecule has 164 valence electrons. The highest BCUT2D eigenvalue weighted by molar-refractivity contribution is 6.31. The minimum atomic E-state index is 0.157. The Balaban J connectivity index is 1.38. The Labute approximate surface area is 190 Å². The molecule has 0 atom stereocenters. The molecule has 0 aliphatic carbocycles. The topological polar surface area (TPSA) is 121 Å². The standard InChI is InChI=1S/C23H23ClN6O2/c1-31-21-11-14(10-15-13-29-23(26)30-22(15)25)2-5-20(21)32-9-8-28-18-6-7-27-19-12-16(24)3-4-17(18)19/h2-7,11-13H,8-10H2,1H3,(H,27,28)(H4,25,26,29,30). The van der Waals surface area contributed by atoms with Gasteiger partial charge in [-0.1, -0.05) is 17.7 Å². The summed E-state index contributed by atoms with van der Waals surface area (Å²) >= 11 is 6.05. The Bertz CT molecular complexity index is 1250. The normalized spacial score (nSPS) is 10.8. The van der Waals surface area contributed by atoms with Crippen LogP contribution in [-0.2, 0) is 6.42 Å². The zero-order valence-corrected chi connectivity index (χ0v) is 18.3. The first kappa shape index (κ1) is 21.5. The van der Waals surface area contributed by atoms with Gasteiger partial charge in [-0.15, -0.1) is 0 Å². The molecule has 0 aliphatic rings. The van der Waals surface area contributed by atoms with E-state index in [0.29, 0.717) is 41.9 Å². The van der Waals surface area contributed by atoms with Crippen LogP contribution < -0.4 is 26.3 Å². The SMILES string of the molecule is COc1cc(Cc2cnc(N)nc2N)ccc1OCCNc1ccnc2cc(Cl)ccc12. The second-order valence-corrected chi connectivity index (χ2v) is 7.53. The fraction of sp³-hybridized carbons (Fsp3) is 0.174. The number of nitrogens with two attached hydrogens (primary N) is 2. The van der Waals surface area contributed by atoms with E-state index >= 15 is 0 Å². The van der Waals surface area contributed by atoms with Gasteiger partial charge in [-0.3, -0.25) is 4.98 Å². The molecule has 32 heavy (non-hydrogen) atoms. The summed E-state index contributed by atoms with van der Waals surface area (Å²) in [4.78, 5) is 12.4. The lowest BCUT2D eigenvalue weighted by Crippen LogP contribution is -2.12. The van der Waals surface area contributed by atoms with E-state index in [2.05, 4.69) is 20.3 Å². The first-order chi connectivity index (χ1) is 15.5. The van der Waals surface area contributed by atoms with Crippen molar-refractivity contribution in [1.29, 1.82) is 0 Å². The monoisotopic (exact) mass is 450 g/mol. The average Bonchev–Trinajstić information content (AvgIpc) is 2.79. The average molecular weight is 451 g/mol. The van der Waals surface area contributed by atoms with Crippen molar-refractivity contribution in [3.63, 3.8) is 0 Å². The molecule has 9 heteroatoms. The van der Waals surface area contributed by atoms with Crippen molar-refractivity contribution in [2.24, 2.45) is 0 Å². The number of benzene rings is 2. The van der Waals surface area contributed by atoms with Gasteiger partial charge in [0.15, 0.2) is 11.5 Å². The number of aromatic nitrogens is 3. The number of pyridine rings is 1. The summed E-state index contributed by atoms with van der Waals surface area (Å²) in [6.07, 6.45) is 3.95. The Hall–Kier alpha value is -3.78. The van der Waals surface area contributed by atoms with Crippen LogP contribution in [0, 0.1) is 0 Å². The molecule has 0 saturated carbocycles. The number of nitrogen functional groups attached to an aromatic ring is 2. The number of methoxy groups -OCH3 is 1. The fourth-order valence-corrected chi connectivity index (χ4v) is 3.52. The molecule has 4 aromatic rings. The van der Waals surface area contributed by atoms with Crippen LogP contribution >= 0.6 is 11.6 Å². The lowest BCUT2D eigenvalue weighted by molar-refractivity contribution is 0.305. The predicted molar refractivity (Wildman–Crippen MR) is 127 cm³/mol. The third-order valence-corrected chi connectivity index (χ3v) is 5.15. The van der Waals surface area contributed by atoms with E-state index < -0.39 is 0 Å². The molecule has 0 amide bonds. The van der Waals surface area contributed by atoms with E-state index in [1.165, 1.54) is 0 Å². The number of nitrogens with zero attached hydrogens (tertiary/aromatic N) is 3. The molecule has 8 nitrogen and oxygen atoms in total. The van der Waals surface area contributed by atoms with Crippen molar-refractivity contribution >= 4 is 40.0 Å². The van der Waals surface area contributed by atoms with E-state index in [0.717, 1.165) is 27.7 Å². The van der Waals surface area contributed by atoms with Crippen LogP contribution in [0.25, 0.3) is 10.9 Å². The van der Waals surface area contributed by atoms with Gasteiger partial charge in [0.2, 0.25) is 5.95 Å². The van der Waals surface area contributed by atoms with Gasteiger partial charge in [0.1, 0.15) is 12.4 Å². The second-order valence-electron chi connectivity index (χ2n) is 7.10. The number of fused-ring (bicyclic) bond motifs is 1. The number of ether oxygens (including phenoxy) is 2. The van der Waals surface area contributed by atoms with Crippen molar-refractivity contribution in [1.82, 2.24) is 15.0 Å². The molecule has 2 aromatic carbocycles. The lowest BCUT2D eigenvalue weighted by atomic mass is 10.1. The van der Waals surface area contributed by atoms with Gasteiger partial charge >= 0.3 is 0 Å². The van der Waals surface area contributed by atoms with Crippen LogP contribution in [0.5, 0.6) is 11.5 Å². The highest BCUT2D eigenvalue weighted by Crippen LogP contribution is 2.30. The summed E-state index contributed by atoms with van der Waals surface area (Å²) in [5.74, 6) is 1.82. The Kier molecular flexibility index (Phi) is 6.42. The van der Waals surface area contributed by atoms with Gasteiger partial charge < -0.3 is 26.3 Å². The van der Waals surface area contributed by atoms with Crippen molar-refractivity contribution in [2.75, 3.05) is 37.0 Å². The number of hydrogen-bond acceptors (Lipinski definition) is 8. The van der Waals surface area contributed by atoms with E-state index in [4.69, 9.17) is 32.5 Å². The molecule has 4 rings (SSSR count). The second kappa shape index (κ2) is 9.57. The predicted octanol–water partition coefficient (Wildman–Crippen LogP) is 3.93.